The van der Waals surface area contributed by atoms with Gasteiger partial charge in [0.25, 0.3) is 0 Å². The van der Waals surface area contributed by atoms with Crippen molar-refractivity contribution in [2.75, 3.05) is 0 Å². The van der Waals surface area contributed by atoms with Crippen LogP contribution in [-0.2, 0) is 0 Å². The van der Waals surface area contributed by atoms with Gasteiger partial charge in [-0.1, -0.05) is 39.7 Å². The lowest BCUT2D eigenvalue weighted by Crippen LogP contribution is -2.25. The highest BCUT2D eigenvalue weighted by atomic mass is 15.3. The Labute approximate surface area is 111 Å². The molecule has 2 unspecified atom stereocenters. The van der Waals surface area contributed by atoms with Crippen molar-refractivity contribution in [2.45, 2.75) is 52.9 Å². The maximum atomic E-state index is 4.48. The first-order valence-corrected chi connectivity index (χ1v) is 7.37. The van der Waals surface area contributed by atoms with Crippen LogP contribution in [0.3, 0.4) is 0 Å². The highest BCUT2D eigenvalue weighted by Gasteiger charge is 2.24. The Morgan fingerprint density at radius 2 is 2.17 bits per heavy atom. The number of hydrazone groups is 1. The molecule has 1 aliphatic carbocycles. The van der Waals surface area contributed by atoms with Crippen molar-refractivity contribution in [3.63, 3.8) is 0 Å². The predicted octanol–water partition coefficient (Wildman–Crippen LogP) is 4.26. The Hall–Kier alpha value is -1.05. The summed E-state index contributed by atoms with van der Waals surface area (Å²) in [4.78, 5) is 0. The molecule has 1 heterocycles. The van der Waals surface area contributed by atoms with Gasteiger partial charge >= 0.3 is 0 Å². The third-order valence-corrected chi connectivity index (χ3v) is 4.02. The Bertz CT molecular complexity index is 363. The molecule has 1 saturated carbocycles. The maximum absolute atomic E-state index is 4.48. The molecule has 2 atom stereocenters. The van der Waals surface area contributed by atoms with E-state index in [4.69, 9.17) is 0 Å². The van der Waals surface area contributed by atoms with Crippen molar-refractivity contribution >= 4 is 5.71 Å². The van der Waals surface area contributed by atoms with Gasteiger partial charge in [0, 0.05) is 12.1 Å². The average molecular weight is 246 g/mol. The molecule has 2 aliphatic rings. The molecule has 2 rings (SSSR count). The number of rotatable bonds is 2. The monoisotopic (exact) mass is 246 g/mol. The van der Waals surface area contributed by atoms with Crippen LogP contribution in [0.15, 0.2) is 29.0 Å². The first-order valence-electron chi connectivity index (χ1n) is 7.37. The zero-order valence-electron chi connectivity index (χ0n) is 11.9. The summed E-state index contributed by atoms with van der Waals surface area (Å²) in [5, 5.41) is 4.48. The second kappa shape index (κ2) is 6.21. The van der Waals surface area contributed by atoms with Crippen molar-refractivity contribution in [1.82, 2.24) is 5.43 Å². The van der Waals surface area contributed by atoms with E-state index in [9.17, 15) is 0 Å². The minimum atomic E-state index is 0.564. The molecule has 1 fully saturated rings. The molecule has 0 radical (unpaired) electrons. The van der Waals surface area contributed by atoms with Gasteiger partial charge in [0.15, 0.2) is 0 Å². The Morgan fingerprint density at radius 3 is 2.94 bits per heavy atom. The van der Waals surface area contributed by atoms with Gasteiger partial charge < -0.3 is 0 Å². The fourth-order valence-electron chi connectivity index (χ4n) is 2.81. The smallest absolute Gasteiger partial charge is 0.0675 e. The summed E-state index contributed by atoms with van der Waals surface area (Å²) >= 11 is 0. The number of fused-ring (bicyclic) bond motifs is 1. The minimum Gasteiger partial charge on any atom is -0.286 e. The van der Waals surface area contributed by atoms with Crippen LogP contribution in [0.1, 0.15) is 52.9 Å². The lowest BCUT2D eigenvalue weighted by atomic mass is 9.80. The number of allylic oxidation sites excluding steroid dienone is 3. The third kappa shape index (κ3) is 3.47. The molecule has 0 aromatic heterocycles. The molecule has 0 amide bonds. The average Bonchev–Trinajstić information content (AvgIpc) is 2.32. The highest BCUT2D eigenvalue weighted by Crippen LogP contribution is 2.32. The summed E-state index contributed by atoms with van der Waals surface area (Å²) in [6, 6.07) is 0. The topological polar surface area (TPSA) is 24.4 Å². The minimum absolute atomic E-state index is 0.564. The summed E-state index contributed by atoms with van der Waals surface area (Å²) in [5.41, 5.74) is 5.88. The van der Waals surface area contributed by atoms with Crippen molar-refractivity contribution in [3.8, 4) is 0 Å². The predicted molar refractivity (Wildman–Crippen MR) is 78.4 cm³/mol. The second-order valence-electron chi connectivity index (χ2n) is 6.12. The summed E-state index contributed by atoms with van der Waals surface area (Å²) < 4.78 is 0. The maximum Gasteiger partial charge on any atom is 0.0675 e. The lowest BCUT2D eigenvalue weighted by Gasteiger charge is -2.28. The Balaban J connectivity index is 2.08. The summed E-state index contributed by atoms with van der Waals surface area (Å²) in [6.45, 7) is 6.80. The van der Waals surface area contributed by atoms with Crippen LogP contribution in [0.5, 0.6) is 0 Å². The number of hydrogen-bond acceptors (Lipinski definition) is 2. The first-order chi connectivity index (χ1) is 8.66. The van der Waals surface area contributed by atoms with E-state index in [2.05, 4.69) is 49.7 Å². The van der Waals surface area contributed by atoms with E-state index in [-0.39, 0.29) is 0 Å². The van der Waals surface area contributed by atoms with Crippen LogP contribution in [0.2, 0.25) is 0 Å². The van der Waals surface area contributed by atoms with Gasteiger partial charge in [-0.2, -0.15) is 5.10 Å². The molecule has 2 heteroatoms. The molecule has 1 aliphatic heterocycles. The quantitative estimate of drug-likeness (QED) is 0.773. The van der Waals surface area contributed by atoms with Crippen molar-refractivity contribution < 1.29 is 0 Å². The van der Waals surface area contributed by atoms with Crippen LogP contribution in [-0.4, -0.2) is 5.71 Å². The van der Waals surface area contributed by atoms with E-state index in [1.165, 1.54) is 37.8 Å². The first kappa shape index (κ1) is 13.4. The standard InChI is InChI=1S/C16H26N2/c1-12(2)7-10-16-15-6-4-5-13(3)8-9-14(15)11-17-18-16/h7,10-13,15,17H,4-6,8-9H2,1-3H3. The van der Waals surface area contributed by atoms with Crippen LogP contribution in [0, 0.1) is 17.8 Å². The lowest BCUT2D eigenvalue weighted by molar-refractivity contribution is 0.419. The van der Waals surface area contributed by atoms with Gasteiger partial charge in [-0.3, -0.25) is 5.43 Å². The second-order valence-corrected chi connectivity index (χ2v) is 6.12. The summed E-state index contributed by atoms with van der Waals surface area (Å²) in [7, 11) is 0. The Kier molecular flexibility index (Phi) is 4.62. The van der Waals surface area contributed by atoms with Crippen LogP contribution in [0.4, 0.5) is 0 Å². The molecule has 0 spiro atoms. The van der Waals surface area contributed by atoms with E-state index >= 15 is 0 Å². The highest BCUT2D eigenvalue weighted by molar-refractivity contribution is 5.99. The van der Waals surface area contributed by atoms with Crippen molar-refractivity contribution in [2.24, 2.45) is 22.9 Å². The molecule has 0 aromatic rings. The van der Waals surface area contributed by atoms with Gasteiger partial charge in [-0.05, 0) is 42.7 Å². The zero-order valence-corrected chi connectivity index (χ0v) is 11.9. The number of nitrogens with zero attached hydrogens (tertiary/aromatic N) is 1. The van der Waals surface area contributed by atoms with E-state index in [0.29, 0.717) is 11.8 Å². The zero-order chi connectivity index (χ0) is 13.0. The normalized spacial score (nSPS) is 29.1. The largest absolute Gasteiger partial charge is 0.286 e. The van der Waals surface area contributed by atoms with Crippen LogP contribution in [0.25, 0.3) is 0 Å². The van der Waals surface area contributed by atoms with E-state index in [1.54, 1.807) is 5.57 Å². The molecule has 2 nitrogen and oxygen atoms in total. The molecule has 0 aromatic carbocycles. The fourth-order valence-corrected chi connectivity index (χ4v) is 2.81. The van der Waals surface area contributed by atoms with Gasteiger partial charge in [0.05, 0.1) is 5.71 Å². The molecule has 100 valence electrons. The van der Waals surface area contributed by atoms with Gasteiger partial charge in [0.2, 0.25) is 0 Å². The van der Waals surface area contributed by atoms with E-state index in [0.717, 1.165) is 5.92 Å². The molecule has 0 bridgehead atoms. The van der Waals surface area contributed by atoms with Crippen molar-refractivity contribution in [1.29, 1.82) is 0 Å². The number of hydrogen-bond donors (Lipinski definition) is 1. The van der Waals surface area contributed by atoms with E-state index in [1.807, 2.05) is 0 Å². The van der Waals surface area contributed by atoms with E-state index < -0.39 is 0 Å². The summed E-state index contributed by atoms with van der Waals surface area (Å²) in [5.74, 6) is 2.03. The molecule has 0 saturated heterocycles. The van der Waals surface area contributed by atoms with Crippen molar-refractivity contribution in [3.05, 3.63) is 23.9 Å². The Morgan fingerprint density at radius 1 is 1.33 bits per heavy atom. The SMILES string of the molecule is CC(C)C=CC1=NNC=C2CCC(C)CCCC21. The van der Waals surface area contributed by atoms with Crippen LogP contribution >= 0.6 is 0 Å². The molecule has 18 heavy (non-hydrogen) atoms. The van der Waals surface area contributed by atoms with Gasteiger partial charge in [-0.25, -0.2) is 0 Å². The fraction of sp³-hybridized carbons (Fsp3) is 0.688. The number of nitrogens with one attached hydrogen (secondary N) is 1. The van der Waals surface area contributed by atoms with Gasteiger partial charge in [0.1, 0.15) is 0 Å². The molecule has 1 N–H and O–H groups in total. The van der Waals surface area contributed by atoms with Gasteiger partial charge in [-0.15, -0.1) is 0 Å². The third-order valence-electron chi connectivity index (χ3n) is 4.02. The van der Waals surface area contributed by atoms with Crippen LogP contribution < -0.4 is 5.43 Å². The summed E-state index contributed by atoms with van der Waals surface area (Å²) in [6.07, 6.45) is 13.1. The molecular formula is C16H26N2. The molecular weight excluding hydrogens is 220 g/mol.